The van der Waals surface area contributed by atoms with Crippen molar-refractivity contribution < 1.29 is 14.7 Å². The maximum absolute atomic E-state index is 11.9. The molecule has 1 aromatic heterocycles. The number of thiophene rings is 1. The van der Waals surface area contributed by atoms with Gasteiger partial charge in [-0.15, -0.1) is 11.3 Å². The van der Waals surface area contributed by atoms with Gasteiger partial charge in [0, 0.05) is 27.7 Å². The van der Waals surface area contributed by atoms with E-state index in [0.29, 0.717) is 6.54 Å². The van der Waals surface area contributed by atoms with Gasteiger partial charge in [0.15, 0.2) is 0 Å². The standard InChI is InChI=1S/C12H14BrNO3S/c1-2-3-14-10(15)5-8(12(16)17)11(14)9-4-7(13)6-18-9/h4,6,8,11H,2-3,5H2,1H3,(H,16,17). The Hall–Kier alpha value is -0.880. The molecule has 18 heavy (non-hydrogen) atoms. The number of carbonyl (C=O) groups is 2. The Labute approximate surface area is 118 Å². The van der Waals surface area contributed by atoms with Crippen LogP contribution in [0.1, 0.15) is 30.7 Å². The number of halogens is 1. The number of rotatable bonds is 4. The van der Waals surface area contributed by atoms with Crippen LogP contribution in [-0.2, 0) is 9.59 Å². The van der Waals surface area contributed by atoms with Gasteiger partial charge in [-0.05, 0) is 28.4 Å². The highest BCUT2D eigenvalue weighted by Crippen LogP contribution is 2.41. The number of hydrogen-bond acceptors (Lipinski definition) is 3. The highest BCUT2D eigenvalue weighted by atomic mass is 79.9. The first-order valence-electron chi connectivity index (χ1n) is 5.80. The van der Waals surface area contributed by atoms with Crippen LogP contribution in [0.5, 0.6) is 0 Å². The summed E-state index contributed by atoms with van der Waals surface area (Å²) in [5, 5.41) is 11.2. The number of carbonyl (C=O) groups excluding carboxylic acids is 1. The van der Waals surface area contributed by atoms with E-state index in [4.69, 9.17) is 0 Å². The van der Waals surface area contributed by atoms with Crippen molar-refractivity contribution in [3.63, 3.8) is 0 Å². The number of likely N-dealkylation sites (tertiary alicyclic amines) is 1. The number of amides is 1. The molecular formula is C12H14BrNO3S. The van der Waals surface area contributed by atoms with Gasteiger partial charge in [0.25, 0.3) is 0 Å². The second kappa shape index (κ2) is 5.40. The number of carboxylic acids is 1. The number of nitrogens with zero attached hydrogens (tertiary/aromatic N) is 1. The zero-order chi connectivity index (χ0) is 13.3. The second-order valence-electron chi connectivity index (χ2n) is 4.35. The summed E-state index contributed by atoms with van der Waals surface area (Å²) in [6.45, 7) is 2.60. The molecule has 98 valence electrons. The lowest BCUT2D eigenvalue weighted by Crippen LogP contribution is -2.30. The van der Waals surface area contributed by atoms with Crippen molar-refractivity contribution in [1.82, 2.24) is 4.90 Å². The van der Waals surface area contributed by atoms with Crippen molar-refractivity contribution in [2.45, 2.75) is 25.8 Å². The van der Waals surface area contributed by atoms with Crippen LogP contribution in [-0.4, -0.2) is 28.4 Å². The topological polar surface area (TPSA) is 57.6 Å². The lowest BCUT2D eigenvalue weighted by molar-refractivity contribution is -0.142. The molecule has 1 amide bonds. The third-order valence-electron chi connectivity index (χ3n) is 3.09. The zero-order valence-electron chi connectivity index (χ0n) is 9.93. The van der Waals surface area contributed by atoms with E-state index in [1.54, 1.807) is 4.90 Å². The van der Waals surface area contributed by atoms with Gasteiger partial charge in [-0.25, -0.2) is 0 Å². The molecule has 1 fully saturated rings. The fourth-order valence-electron chi connectivity index (χ4n) is 2.35. The van der Waals surface area contributed by atoms with E-state index in [2.05, 4.69) is 15.9 Å². The van der Waals surface area contributed by atoms with Crippen LogP contribution in [0.15, 0.2) is 15.9 Å². The first-order chi connectivity index (χ1) is 8.54. The highest BCUT2D eigenvalue weighted by Gasteiger charge is 2.44. The summed E-state index contributed by atoms with van der Waals surface area (Å²) in [5.41, 5.74) is 0. The lowest BCUT2D eigenvalue weighted by atomic mass is 9.99. The van der Waals surface area contributed by atoms with Crippen molar-refractivity contribution >= 4 is 39.1 Å². The Balaban J connectivity index is 2.35. The molecule has 0 aliphatic carbocycles. The minimum atomic E-state index is -0.892. The van der Waals surface area contributed by atoms with E-state index in [0.717, 1.165) is 15.8 Å². The van der Waals surface area contributed by atoms with Crippen LogP contribution in [0.25, 0.3) is 0 Å². The maximum Gasteiger partial charge on any atom is 0.309 e. The van der Waals surface area contributed by atoms with Gasteiger partial charge < -0.3 is 10.0 Å². The first kappa shape index (κ1) is 13.5. The maximum atomic E-state index is 11.9. The molecule has 4 nitrogen and oxygen atoms in total. The molecular weight excluding hydrogens is 318 g/mol. The molecule has 2 rings (SSSR count). The van der Waals surface area contributed by atoms with Crippen molar-refractivity contribution in [2.75, 3.05) is 6.54 Å². The average molecular weight is 332 g/mol. The Morgan fingerprint density at radius 3 is 2.89 bits per heavy atom. The Morgan fingerprint density at radius 1 is 1.67 bits per heavy atom. The van der Waals surface area contributed by atoms with Gasteiger partial charge in [-0.1, -0.05) is 6.92 Å². The van der Waals surface area contributed by atoms with E-state index >= 15 is 0 Å². The molecule has 0 spiro atoms. The molecule has 1 aliphatic rings. The molecule has 0 bridgehead atoms. The van der Waals surface area contributed by atoms with Crippen molar-refractivity contribution in [2.24, 2.45) is 5.92 Å². The molecule has 1 aromatic rings. The van der Waals surface area contributed by atoms with Gasteiger partial charge in [0.05, 0.1) is 12.0 Å². The number of carboxylic acid groups (broad SMARTS) is 1. The second-order valence-corrected chi connectivity index (χ2v) is 6.21. The quantitative estimate of drug-likeness (QED) is 0.922. The molecule has 2 unspecified atom stereocenters. The summed E-state index contributed by atoms with van der Waals surface area (Å²) in [4.78, 5) is 25.9. The van der Waals surface area contributed by atoms with Gasteiger partial charge in [0.2, 0.25) is 5.91 Å². The summed E-state index contributed by atoms with van der Waals surface area (Å²) < 4.78 is 0.933. The predicted octanol–water partition coefficient (Wildman–Crippen LogP) is 2.89. The fourth-order valence-corrected chi connectivity index (χ4v) is 3.97. The zero-order valence-corrected chi connectivity index (χ0v) is 12.3. The van der Waals surface area contributed by atoms with E-state index in [9.17, 15) is 14.7 Å². The van der Waals surface area contributed by atoms with E-state index in [1.165, 1.54) is 11.3 Å². The normalized spacial score (nSPS) is 23.7. The highest BCUT2D eigenvalue weighted by molar-refractivity contribution is 9.10. The smallest absolute Gasteiger partial charge is 0.309 e. The van der Waals surface area contributed by atoms with Crippen molar-refractivity contribution in [3.05, 3.63) is 20.8 Å². The largest absolute Gasteiger partial charge is 0.481 e. The summed E-state index contributed by atoms with van der Waals surface area (Å²) in [5.74, 6) is -1.58. The molecule has 1 N–H and O–H groups in total. The summed E-state index contributed by atoms with van der Waals surface area (Å²) in [6, 6.07) is 1.60. The minimum absolute atomic E-state index is 0.0567. The number of aliphatic carboxylic acids is 1. The van der Waals surface area contributed by atoms with Gasteiger partial charge in [-0.3, -0.25) is 9.59 Å². The fraction of sp³-hybridized carbons (Fsp3) is 0.500. The molecule has 0 radical (unpaired) electrons. The van der Waals surface area contributed by atoms with Crippen LogP contribution < -0.4 is 0 Å². The Kier molecular flexibility index (Phi) is 4.07. The van der Waals surface area contributed by atoms with Crippen molar-refractivity contribution in [3.8, 4) is 0 Å². The van der Waals surface area contributed by atoms with E-state index < -0.39 is 11.9 Å². The van der Waals surface area contributed by atoms with Crippen LogP contribution >= 0.6 is 27.3 Å². The minimum Gasteiger partial charge on any atom is -0.481 e. The summed E-state index contributed by atoms with van der Waals surface area (Å²) in [7, 11) is 0. The van der Waals surface area contributed by atoms with Crippen molar-refractivity contribution in [1.29, 1.82) is 0 Å². The molecule has 1 saturated heterocycles. The molecule has 6 heteroatoms. The molecule has 1 aliphatic heterocycles. The number of hydrogen-bond donors (Lipinski definition) is 1. The summed E-state index contributed by atoms with van der Waals surface area (Å²) in [6.07, 6.45) is 0.941. The van der Waals surface area contributed by atoms with E-state index in [-0.39, 0.29) is 18.4 Å². The van der Waals surface area contributed by atoms with Crippen LogP contribution in [0.2, 0.25) is 0 Å². The third kappa shape index (κ3) is 2.44. The van der Waals surface area contributed by atoms with E-state index in [1.807, 2.05) is 18.4 Å². The predicted molar refractivity (Wildman–Crippen MR) is 72.5 cm³/mol. The van der Waals surface area contributed by atoms with Gasteiger partial charge in [0.1, 0.15) is 0 Å². The van der Waals surface area contributed by atoms with Crippen LogP contribution in [0.4, 0.5) is 0 Å². The summed E-state index contributed by atoms with van der Waals surface area (Å²) >= 11 is 4.87. The average Bonchev–Trinajstić information content (AvgIpc) is 2.85. The molecule has 0 aromatic carbocycles. The monoisotopic (exact) mass is 331 g/mol. The van der Waals surface area contributed by atoms with Gasteiger partial charge in [-0.2, -0.15) is 0 Å². The first-order valence-corrected chi connectivity index (χ1v) is 7.48. The third-order valence-corrected chi connectivity index (χ3v) is 4.86. The molecule has 0 saturated carbocycles. The Morgan fingerprint density at radius 2 is 2.39 bits per heavy atom. The SMILES string of the molecule is CCCN1C(=O)CC(C(=O)O)C1c1cc(Br)cs1. The lowest BCUT2D eigenvalue weighted by Gasteiger charge is -2.25. The molecule has 2 atom stereocenters. The van der Waals surface area contributed by atoms with Gasteiger partial charge >= 0.3 is 5.97 Å². The Bertz CT molecular complexity index is 474. The molecule has 2 heterocycles. The van der Waals surface area contributed by atoms with Crippen LogP contribution in [0.3, 0.4) is 0 Å². The van der Waals surface area contributed by atoms with Crippen LogP contribution in [0, 0.1) is 5.92 Å².